The molecule has 0 aliphatic rings. The summed E-state index contributed by atoms with van der Waals surface area (Å²) < 4.78 is 45.0. The lowest BCUT2D eigenvalue weighted by molar-refractivity contribution is -0.274. The van der Waals surface area contributed by atoms with Crippen molar-refractivity contribution in [1.29, 1.82) is 0 Å². The fourth-order valence-electron chi connectivity index (χ4n) is 1.37. The number of carbonyl (C=O) groups is 2. The van der Waals surface area contributed by atoms with Crippen LogP contribution in [0.15, 0.2) is 36.0 Å². The highest BCUT2D eigenvalue weighted by atomic mass is 19.4. The van der Waals surface area contributed by atoms with E-state index in [2.05, 4.69) is 14.8 Å². The molecule has 2 N–H and O–H groups in total. The summed E-state index contributed by atoms with van der Waals surface area (Å²) in [6.07, 6.45) is -4.17. The first-order chi connectivity index (χ1) is 10.2. The minimum atomic E-state index is -4.90. The Morgan fingerprint density at radius 2 is 1.95 bits per heavy atom. The van der Waals surface area contributed by atoms with E-state index in [1.54, 1.807) is 0 Å². The molecule has 0 radical (unpaired) electrons. The molecule has 0 saturated carbocycles. The van der Waals surface area contributed by atoms with Crippen molar-refractivity contribution in [1.82, 2.24) is 0 Å². The van der Waals surface area contributed by atoms with Crippen LogP contribution in [0, 0.1) is 0 Å². The Morgan fingerprint density at radius 3 is 2.50 bits per heavy atom. The largest absolute Gasteiger partial charge is 0.573 e. The lowest BCUT2D eigenvalue weighted by atomic mass is 10.2. The van der Waals surface area contributed by atoms with Crippen molar-refractivity contribution in [2.45, 2.75) is 13.3 Å². The Bertz CT molecular complexity index is 583. The highest BCUT2D eigenvalue weighted by Gasteiger charge is 2.32. The molecule has 0 fully saturated rings. The molecule has 1 aromatic rings. The molecule has 0 spiro atoms. The van der Waals surface area contributed by atoms with Crippen LogP contribution in [-0.4, -0.2) is 30.0 Å². The molecule has 6 nitrogen and oxygen atoms in total. The number of rotatable bonds is 6. The number of hydrogen-bond donors (Lipinski definition) is 2. The topological polar surface area (TPSA) is 84.9 Å². The molecule has 0 aliphatic carbocycles. The second-order valence-electron chi connectivity index (χ2n) is 3.77. The van der Waals surface area contributed by atoms with E-state index in [4.69, 9.17) is 5.11 Å². The molecule has 0 amide bonds. The minimum absolute atomic E-state index is 0.0444. The molecule has 120 valence electrons. The lowest BCUT2D eigenvalue weighted by Gasteiger charge is -2.13. The SMILES string of the molecule is CCOC(=O)/C(=C/Nc1ccccc1OC(F)(F)F)C(=O)O. The Kier molecular flexibility index (Phi) is 5.79. The van der Waals surface area contributed by atoms with Gasteiger partial charge < -0.3 is 19.9 Å². The molecule has 0 aromatic heterocycles. The number of benzene rings is 1. The lowest BCUT2D eigenvalue weighted by Crippen LogP contribution is -2.18. The van der Waals surface area contributed by atoms with Gasteiger partial charge in [-0.2, -0.15) is 0 Å². The molecule has 0 bridgehead atoms. The number of nitrogens with one attached hydrogen (secondary N) is 1. The molecule has 0 aliphatic heterocycles. The Balaban J connectivity index is 3.00. The van der Waals surface area contributed by atoms with Gasteiger partial charge in [0.05, 0.1) is 12.3 Å². The molecule has 1 aromatic carbocycles. The fraction of sp³-hybridized carbons (Fsp3) is 0.231. The maximum atomic E-state index is 12.2. The Morgan fingerprint density at radius 1 is 1.32 bits per heavy atom. The summed E-state index contributed by atoms with van der Waals surface area (Å²) in [5, 5.41) is 11.2. The van der Waals surface area contributed by atoms with Gasteiger partial charge in [0, 0.05) is 6.20 Å². The number of hydrogen-bond acceptors (Lipinski definition) is 5. The zero-order chi connectivity index (χ0) is 16.8. The van der Waals surface area contributed by atoms with Crippen LogP contribution >= 0.6 is 0 Å². The van der Waals surface area contributed by atoms with E-state index in [1.165, 1.54) is 25.1 Å². The third-order valence-corrected chi connectivity index (χ3v) is 2.21. The van der Waals surface area contributed by atoms with E-state index in [0.29, 0.717) is 0 Å². The van der Waals surface area contributed by atoms with E-state index in [-0.39, 0.29) is 12.3 Å². The van der Waals surface area contributed by atoms with E-state index in [1.807, 2.05) is 0 Å². The molecule has 22 heavy (non-hydrogen) atoms. The predicted octanol–water partition coefficient (Wildman–Crippen LogP) is 2.53. The molecule has 0 unspecified atom stereocenters. The van der Waals surface area contributed by atoms with Crippen molar-refractivity contribution >= 4 is 17.6 Å². The second-order valence-corrected chi connectivity index (χ2v) is 3.77. The van der Waals surface area contributed by atoms with Gasteiger partial charge in [-0.1, -0.05) is 12.1 Å². The maximum absolute atomic E-state index is 12.2. The number of carboxylic acids is 1. The monoisotopic (exact) mass is 319 g/mol. The molecule has 0 saturated heterocycles. The quantitative estimate of drug-likeness (QED) is 0.363. The molecule has 9 heteroatoms. The zero-order valence-electron chi connectivity index (χ0n) is 11.3. The average molecular weight is 319 g/mol. The van der Waals surface area contributed by atoms with Crippen LogP contribution in [-0.2, 0) is 14.3 Å². The van der Waals surface area contributed by atoms with Gasteiger partial charge in [0.15, 0.2) is 11.3 Å². The van der Waals surface area contributed by atoms with Gasteiger partial charge in [-0.15, -0.1) is 13.2 Å². The van der Waals surface area contributed by atoms with Crippen LogP contribution in [0.5, 0.6) is 5.75 Å². The zero-order valence-corrected chi connectivity index (χ0v) is 11.3. The average Bonchev–Trinajstić information content (AvgIpc) is 2.39. The van der Waals surface area contributed by atoms with E-state index >= 15 is 0 Å². The van der Waals surface area contributed by atoms with Crippen LogP contribution in [0.4, 0.5) is 18.9 Å². The smallest absolute Gasteiger partial charge is 0.477 e. The van der Waals surface area contributed by atoms with Crippen molar-refractivity contribution in [3.63, 3.8) is 0 Å². The molecule has 1 rings (SSSR count). The number of halogens is 3. The van der Waals surface area contributed by atoms with Crippen LogP contribution < -0.4 is 10.1 Å². The fourth-order valence-corrected chi connectivity index (χ4v) is 1.37. The highest BCUT2D eigenvalue weighted by molar-refractivity contribution is 6.13. The first-order valence-corrected chi connectivity index (χ1v) is 5.96. The van der Waals surface area contributed by atoms with Crippen molar-refractivity contribution in [2.24, 2.45) is 0 Å². The number of esters is 1. The van der Waals surface area contributed by atoms with Crippen LogP contribution in [0.3, 0.4) is 0 Å². The molecular weight excluding hydrogens is 307 g/mol. The third kappa shape index (κ3) is 5.35. The van der Waals surface area contributed by atoms with Gasteiger partial charge in [0.2, 0.25) is 0 Å². The van der Waals surface area contributed by atoms with Crippen LogP contribution in [0.2, 0.25) is 0 Å². The third-order valence-electron chi connectivity index (χ3n) is 2.21. The van der Waals surface area contributed by atoms with Gasteiger partial charge in [0.25, 0.3) is 0 Å². The summed E-state index contributed by atoms with van der Waals surface area (Å²) in [4.78, 5) is 22.3. The molecule has 0 heterocycles. The normalized spacial score (nSPS) is 11.7. The van der Waals surface area contributed by atoms with Crippen LogP contribution in [0.25, 0.3) is 0 Å². The summed E-state index contributed by atoms with van der Waals surface area (Å²) in [5.74, 6) is -3.27. The van der Waals surface area contributed by atoms with E-state index in [9.17, 15) is 22.8 Å². The number of carbonyl (C=O) groups excluding carboxylic acids is 1. The van der Waals surface area contributed by atoms with Gasteiger partial charge in [-0.05, 0) is 19.1 Å². The number of aliphatic carboxylic acids is 1. The Labute approximate surface area is 123 Å². The highest BCUT2D eigenvalue weighted by Crippen LogP contribution is 2.30. The van der Waals surface area contributed by atoms with E-state index < -0.39 is 29.6 Å². The summed E-state index contributed by atoms with van der Waals surface area (Å²) in [7, 11) is 0. The van der Waals surface area contributed by atoms with E-state index in [0.717, 1.165) is 12.3 Å². The predicted molar refractivity (Wildman–Crippen MR) is 69.1 cm³/mol. The number of carboxylic acid groups (broad SMARTS) is 1. The minimum Gasteiger partial charge on any atom is -0.477 e. The number of ether oxygens (including phenoxy) is 2. The van der Waals surface area contributed by atoms with Crippen molar-refractivity contribution in [2.75, 3.05) is 11.9 Å². The maximum Gasteiger partial charge on any atom is 0.573 e. The van der Waals surface area contributed by atoms with Gasteiger partial charge in [0.1, 0.15) is 0 Å². The second kappa shape index (κ2) is 7.34. The standard InChI is InChI=1S/C13H12F3NO5/c1-2-21-12(20)8(11(18)19)7-17-9-5-3-4-6-10(9)22-13(14,15)16/h3-7,17H,2H2,1H3,(H,18,19)/b8-7+. The summed E-state index contributed by atoms with van der Waals surface area (Å²) in [6, 6.07) is 4.97. The summed E-state index contributed by atoms with van der Waals surface area (Å²) >= 11 is 0. The van der Waals surface area contributed by atoms with Gasteiger partial charge in [-0.3, -0.25) is 0 Å². The summed E-state index contributed by atoms with van der Waals surface area (Å²) in [5.41, 5.74) is -0.925. The molecular formula is C13H12F3NO5. The van der Waals surface area contributed by atoms with Gasteiger partial charge >= 0.3 is 18.3 Å². The first-order valence-electron chi connectivity index (χ1n) is 5.96. The number of para-hydroxylation sites is 2. The van der Waals surface area contributed by atoms with Crippen molar-refractivity contribution < 1.29 is 37.3 Å². The van der Waals surface area contributed by atoms with Crippen LogP contribution in [0.1, 0.15) is 6.92 Å². The number of anilines is 1. The van der Waals surface area contributed by atoms with Gasteiger partial charge in [-0.25, -0.2) is 9.59 Å². The number of alkyl halides is 3. The molecule has 0 atom stereocenters. The van der Waals surface area contributed by atoms with Crippen molar-refractivity contribution in [3.05, 3.63) is 36.0 Å². The van der Waals surface area contributed by atoms with Crippen molar-refractivity contribution in [3.8, 4) is 5.75 Å². The first kappa shape index (κ1) is 17.3. The summed E-state index contributed by atoms with van der Waals surface area (Å²) in [6.45, 7) is 1.44. The Hall–Kier alpha value is -2.71.